The molecule has 0 spiro atoms. The fraction of sp³-hybridized carbons (Fsp3) is 0.0500. The number of pyridine rings is 1. The van der Waals surface area contributed by atoms with Gasteiger partial charge in [-0.15, -0.1) is 4.40 Å². The quantitative estimate of drug-likeness (QED) is 0.464. The molecule has 9 nitrogen and oxygen atoms in total. The Labute approximate surface area is 170 Å². The fourth-order valence-corrected chi connectivity index (χ4v) is 4.52. The Bertz CT molecular complexity index is 1490. The second-order valence-corrected chi connectivity index (χ2v) is 8.28. The van der Waals surface area contributed by atoms with Gasteiger partial charge in [-0.25, -0.2) is 4.98 Å². The van der Waals surface area contributed by atoms with Crippen LogP contribution in [-0.4, -0.2) is 33.9 Å². The number of para-hydroxylation sites is 1. The number of benzene rings is 2. The summed E-state index contributed by atoms with van der Waals surface area (Å²) in [6.45, 7) is 0.237. The highest BCUT2D eigenvalue weighted by molar-refractivity contribution is 7.90. The molecule has 1 aliphatic heterocycles. The summed E-state index contributed by atoms with van der Waals surface area (Å²) in [4.78, 5) is 19.9. The number of sulfonamides is 1. The lowest BCUT2D eigenvalue weighted by molar-refractivity contribution is 0.478. The Morgan fingerprint density at radius 2 is 1.77 bits per heavy atom. The van der Waals surface area contributed by atoms with Gasteiger partial charge in [0.2, 0.25) is 0 Å². The molecule has 0 amide bonds. The Morgan fingerprint density at radius 1 is 1.03 bits per heavy atom. The van der Waals surface area contributed by atoms with Gasteiger partial charge in [0.05, 0.1) is 18.4 Å². The van der Waals surface area contributed by atoms with Crippen LogP contribution in [-0.2, 0) is 16.6 Å². The number of H-pyrrole nitrogens is 1. The van der Waals surface area contributed by atoms with Crippen molar-refractivity contribution in [3.05, 3.63) is 82.4 Å². The lowest BCUT2D eigenvalue weighted by Gasteiger charge is -2.18. The van der Waals surface area contributed by atoms with Crippen LogP contribution >= 0.6 is 0 Å². The molecule has 5 rings (SSSR count). The number of aromatic nitrogens is 3. The summed E-state index contributed by atoms with van der Waals surface area (Å²) in [6.07, 6.45) is 1.21. The first-order valence-electron chi connectivity index (χ1n) is 9.00. The van der Waals surface area contributed by atoms with Crippen LogP contribution in [0.25, 0.3) is 10.9 Å². The van der Waals surface area contributed by atoms with Gasteiger partial charge < -0.3 is 20.0 Å². The van der Waals surface area contributed by atoms with E-state index in [0.717, 1.165) is 5.56 Å². The zero-order valence-corrected chi connectivity index (χ0v) is 16.2. The topological polar surface area (TPSA) is 129 Å². The van der Waals surface area contributed by atoms with Crippen LogP contribution in [0.1, 0.15) is 11.1 Å². The number of fused-ring (bicyclic) bond motifs is 2. The SMILES string of the molecule is O=c1c(C2=NS(=O)(=O)c3[nH]cnc3N2)c(O)c2ccccc2n1Cc1ccccc1. The summed E-state index contributed by atoms with van der Waals surface area (Å²) in [5.41, 5.74) is 0.590. The van der Waals surface area contributed by atoms with Crippen molar-refractivity contribution in [2.24, 2.45) is 4.40 Å². The van der Waals surface area contributed by atoms with Gasteiger partial charge in [-0.05, 0) is 17.7 Å². The van der Waals surface area contributed by atoms with E-state index >= 15 is 0 Å². The average Bonchev–Trinajstić information content (AvgIpc) is 3.22. The third-order valence-corrected chi connectivity index (χ3v) is 6.13. The largest absolute Gasteiger partial charge is 0.506 e. The molecule has 0 saturated carbocycles. The highest BCUT2D eigenvalue weighted by atomic mass is 32.2. The van der Waals surface area contributed by atoms with Gasteiger partial charge in [-0.1, -0.05) is 42.5 Å². The third-order valence-electron chi connectivity index (χ3n) is 4.88. The van der Waals surface area contributed by atoms with Crippen LogP contribution in [0.4, 0.5) is 5.82 Å². The van der Waals surface area contributed by atoms with Gasteiger partial charge in [-0.2, -0.15) is 8.42 Å². The van der Waals surface area contributed by atoms with E-state index in [9.17, 15) is 18.3 Å². The molecule has 0 unspecified atom stereocenters. The van der Waals surface area contributed by atoms with Gasteiger partial charge in [0.25, 0.3) is 5.56 Å². The maximum absolute atomic E-state index is 13.4. The molecule has 4 aromatic rings. The summed E-state index contributed by atoms with van der Waals surface area (Å²) >= 11 is 0. The molecule has 30 heavy (non-hydrogen) atoms. The molecular weight excluding hydrogens is 406 g/mol. The minimum Gasteiger partial charge on any atom is -0.506 e. The highest BCUT2D eigenvalue weighted by Crippen LogP contribution is 2.30. The maximum atomic E-state index is 13.4. The van der Waals surface area contributed by atoms with Gasteiger partial charge >= 0.3 is 10.0 Å². The number of aromatic hydroxyl groups is 1. The van der Waals surface area contributed by atoms with Crippen molar-refractivity contribution in [3.63, 3.8) is 0 Å². The molecule has 0 fully saturated rings. The van der Waals surface area contributed by atoms with Crippen molar-refractivity contribution in [2.75, 3.05) is 5.32 Å². The van der Waals surface area contributed by atoms with Crippen molar-refractivity contribution < 1.29 is 13.5 Å². The Hall–Kier alpha value is -3.92. The van der Waals surface area contributed by atoms with Crippen LogP contribution in [0, 0.1) is 0 Å². The molecule has 1 aliphatic rings. The van der Waals surface area contributed by atoms with E-state index < -0.39 is 15.6 Å². The number of anilines is 1. The molecule has 2 aromatic carbocycles. The number of nitrogens with zero attached hydrogens (tertiary/aromatic N) is 3. The summed E-state index contributed by atoms with van der Waals surface area (Å²) in [6, 6.07) is 16.2. The average molecular weight is 421 g/mol. The van der Waals surface area contributed by atoms with E-state index in [1.807, 2.05) is 30.3 Å². The summed E-state index contributed by atoms with van der Waals surface area (Å²) in [5.74, 6) is -0.605. The van der Waals surface area contributed by atoms with E-state index in [0.29, 0.717) is 10.9 Å². The standard InChI is InChI=1S/C20H15N5O4S/c26-16-13-8-4-5-9-14(13)25(10-12-6-2-1-3-7-12)20(27)15(16)17-23-18-19(22-11-21-18)30(28,29)24-17/h1-9,11,26H,10H2,(H,21,22)(H,23,24). The van der Waals surface area contributed by atoms with Crippen molar-refractivity contribution in [1.29, 1.82) is 0 Å². The molecule has 0 saturated heterocycles. The Balaban J connectivity index is 1.78. The van der Waals surface area contributed by atoms with E-state index in [1.54, 1.807) is 24.3 Å². The number of nitrogens with one attached hydrogen (secondary N) is 2. The molecule has 10 heteroatoms. The highest BCUT2D eigenvalue weighted by Gasteiger charge is 2.31. The normalized spacial score (nSPS) is 14.7. The van der Waals surface area contributed by atoms with Gasteiger partial charge in [0, 0.05) is 5.39 Å². The number of hydrogen-bond acceptors (Lipinski definition) is 6. The number of aromatic amines is 1. The fourth-order valence-electron chi connectivity index (χ4n) is 3.50. The van der Waals surface area contributed by atoms with Crippen molar-refractivity contribution in [2.45, 2.75) is 11.6 Å². The predicted molar refractivity (Wildman–Crippen MR) is 111 cm³/mol. The van der Waals surface area contributed by atoms with Crippen LogP contribution in [0.5, 0.6) is 5.75 Å². The lowest BCUT2D eigenvalue weighted by atomic mass is 10.1. The zero-order chi connectivity index (χ0) is 20.9. The van der Waals surface area contributed by atoms with E-state index in [4.69, 9.17) is 0 Å². The second kappa shape index (κ2) is 6.56. The number of hydrogen-bond donors (Lipinski definition) is 3. The molecule has 3 heterocycles. The third kappa shape index (κ3) is 2.77. The van der Waals surface area contributed by atoms with Gasteiger partial charge in [0.15, 0.2) is 16.7 Å². The molecular formula is C20H15N5O4S. The minimum absolute atomic E-state index is 0.0153. The monoisotopic (exact) mass is 421 g/mol. The smallest absolute Gasteiger partial charge is 0.303 e. The first-order chi connectivity index (χ1) is 14.5. The first-order valence-corrected chi connectivity index (χ1v) is 10.4. The summed E-state index contributed by atoms with van der Waals surface area (Å²) < 4.78 is 30.2. The second-order valence-electron chi connectivity index (χ2n) is 6.74. The summed E-state index contributed by atoms with van der Waals surface area (Å²) in [7, 11) is -4.11. The van der Waals surface area contributed by atoms with E-state index in [2.05, 4.69) is 19.7 Å². The van der Waals surface area contributed by atoms with E-state index in [1.165, 1.54) is 10.9 Å². The minimum atomic E-state index is -4.11. The van der Waals surface area contributed by atoms with Gasteiger partial charge in [0.1, 0.15) is 11.3 Å². The Kier molecular flexibility index (Phi) is 3.97. The number of imidazole rings is 1. The number of rotatable bonds is 3. The molecule has 0 aliphatic carbocycles. The van der Waals surface area contributed by atoms with Crippen molar-refractivity contribution in [1.82, 2.24) is 14.5 Å². The molecule has 0 atom stereocenters. The molecule has 2 aromatic heterocycles. The van der Waals surface area contributed by atoms with Gasteiger partial charge in [-0.3, -0.25) is 4.79 Å². The lowest BCUT2D eigenvalue weighted by Crippen LogP contribution is -2.33. The van der Waals surface area contributed by atoms with Crippen LogP contribution < -0.4 is 10.9 Å². The van der Waals surface area contributed by atoms with Crippen LogP contribution in [0.3, 0.4) is 0 Å². The molecule has 0 bridgehead atoms. The van der Waals surface area contributed by atoms with E-state index in [-0.39, 0.29) is 34.5 Å². The van der Waals surface area contributed by atoms with Crippen LogP contribution in [0.2, 0.25) is 0 Å². The first kappa shape index (κ1) is 18.1. The van der Waals surface area contributed by atoms with Crippen LogP contribution in [0.15, 0.2) is 75.1 Å². The molecule has 150 valence electrons. The van der Waals surface area contributed by atoms with Crippen molar-refractivity contribution >= 4 is 32.6 Å². The maximum Gasteiger partial charge on any atom is 0.303 e. The van der Waals surface area contributed by atoms with Crippen molar-refractivity contribution in [3.8, 4) is 5.75 Å². The predicted octanol–water partition coefficient (Wildman–Crippen LogP) is 2.04. The molecule has 0 radical (unpaired) electrons. The Morgan fingerprint density at radius 3 is 2.57 bits per heavy atom. The summed E-state index contributed by atoms with van der Waals surface area (Å²) in [5, 5.41) is 13.8. The molecule has 3 N–H and O–H groups in total. The zero-order valence-electron chi connectivity index (χ0n) is 15.4. The number of amidine groups is 1.